The maximum atomic E-state index is 12.9. The van der Waals surface area contributed by atoms with Crippen LogP contribution in [0.15, 0.2) is 28.8 Å². The molecule has 0 N–H and O–H groups in total. The summed E-state index contributed by atoms with van der Waals surface area (Å²) in [4.78, 5) is 18.3. The molecule has 1 amide bonds. The van der Waals surface area contributed by atoms with Crippen molar-refractivity contribution in [3.05, 3.63) is 35.9 Å². The standard InChI is InChI=1S/C18H22FN3O2/c1-22(17(23)12-13-4-2-3-5-13)11-10-16-20-18(24-21-16)14-6-8-15(19)9-7-14/h6-9,13H,2-5,10-12H2,1H3. The molecular formula is C18H22FN3O2. The van der Waals surface area contributed by atoms with Crippen LogP contribution in [-0.2, 0) is 11.2 Å². The molecule has 0 radical (unpaired) electrons. The van der Waals surface area contributed by atoms with Crippen molar-refractivity contribution >= 4 is 5.91 Å². The van der Waals surface area contributed by atoms with Crippen molar-refractivity contribution < 1.29 is 13.7 Å². The first kappa shape index (κ1) is 16.6. The molecule has 0 atom stereocenters. The molecule has 1 aliphatic carbocycles. The Morgan fingerprint density at radius 1 is 1.29 bits per heavy atom. The monoisotopic (exact) mass is 331 g/mol. The Balaban J connectivity index is 1.51. The van der Waals surface area contributed by atoms with Crippen LogP contribution in [0.3, 0.4) is 0 Å². The van der Waals surface area contributed by atoms with Crippen LogP contribution in [0.5, 0.6) is 0 Å². The van der Waals surface area contributed by atoms with Crippen LogP contribution in [0.4, 0.5) is 4.39 Å². The van der Waals surface area contributed by atoms with E-state index in [9.17, 15) is 9.18 Å². The highest BCUT2D eigenvalue weighted by Gasteiger charge is 2.20. The zero-order valence-corrected chi connectivity index (χ0v) is 13.9. The van der Waals surface area contributed by atoms with E-state index in [2.05, 4.69) is 10.1 Å². The summed E-state index contributed by atoms with van der Waals surface area (Å²) in [6, 6.07) is 5.91. The third-order valence-electron chi connectivity index (χ3n) is 4.59. The van der Waals surface area contributed by atoms with Crippen LogP contribution >= 0.6 is 0 Å². The largest absolute Gasteiger partial charge is 0.345 e. The van der Waals surface area contributed by atoms with Gasteiger partial charge in [-0.25, -0.2) is 4.39 Å². The molecule has 1 aliphatic rings. The van der Waals surface area contributed by atoms with Gasteiger partial charge in [-0.3, -0.25) is 4.79 Å². The van der Waals surface area contributed by atoms with Crippen LogP contribution in [0.25, 0.3) is 11.5 Å². The van der Waals surface area contributed by atoms with Crippen molar-refractivity contribution in [3.63, 3.8) is 0 Å². The first-order valence-electron chi connectivity index (χ1n) is 8.44. The molecule has 2 aromatic rings. The second-order valence-electron chi connectivity index (χ2n) is 6.44. The normalized spacial score (nSPS) is 14.9. The Bertz CT molecular complexity index is 678. The predicted octanol–water partition coefficient (Wildman–Crippen LogP) is 3.46. The highest BCUT2D eigenvalue weighted by atomic mass is 19.1. The van der Waals surface area contributed by atoms with Gasteiger partial charge in [-0.2, -0.15) is 4.98 Å². The first-order valence-corrected chi connectivity index (χ1v) is 8.44. The van der Waals surface area contributed by atoms with Crippen LogP contribution < -0.4 is 0 Å². The van der Waals surface area contributed by atoms with E-state index in [0.717, 1.165) is 0 Å². The smallest absolute Gasteiger partial charge is 0.257 e. The van der Waals surface area contributed by atoms with Crippen LogP contribution in [0.1, 0.15) is 37.9 Å². The van der Waals surface area contributed by atoms with Gasteiger partial charge in [0.25, 0.3) is 5.89 Å². The Kier molecular flexibility index (Phi) is 5.23. The molecule has 3 rings (SSSR count). The summed E-state index contributed by atoms with van der Waals surface area (Å²) in [5, 5.41) is 3.93. The fraction of sp³-hybridized carbons (Fsp3) is 0.500. The molecule has 0 spiro atoms. The van der Waals surface area contributed by atoms with E-state index in [1.807, 2.05) is 7.05 Å². The van der Waals surface area contributed by atoms with Gasteiger partial charge in [0.1, 0.15) is 5.82 Å². The summed E-state index contributed by atoms with van der Waals surface area (Å²) in [7, 11) is 1.82. The van der Waals surface area contributed by atoms with E-state index in [4.69, 9.17) is 4.52 Å². The number of nitrogens with zero attached hydrogens (tertiary/aromatic N) is 3. The summed E-state index contributed by atoms with van der Waals surface area (Å²) in [6.07, 6.45) is 6.02. The molecule has 1 saturated carbocycles. The van der Waals surface area contributed by atoms with Crippen molar-refractivity contribution in [2.24, 2.45) is 5.92 Å². The number of carbonyl (C=O) groups is 1. The van der Waals surface area contributed by atoms with Crippen LogP contribution in [0.2, 0.25) is 0 Å². The molecule has 24 heavy (non-hydrogen) atoms. The molecule has 0 saturated heterocycles. The average Bonchev–Trinajstić information content (AvgIpc) is 3.25. The van der Waals surface area contributed by atoms with E-state index in [0.29, 0.717) is 42.6 Å². The first-order chi connectivity index (χ1) is 11.6. The maximum absolute atomic E-state index is 12.9. The Labute approximate surface area is 140 Å². The van der Waals surface area contributed by atoms with Gasteiger partial charge < -0.3 is 9.42 Å². The molecule has 5 nitrogen and oxygen atoms in total. The van der Waals surface area contributed by atoms with Gasteiger partial charge >= 0.3 is 0 Å². The van der Waals surface area contributed by atoms with Gasteiger partial charge in [-0.05, 0) is 43.0 Å². The van der Waals surface area contributed by atoms with Crippen molar-refractivity contribution in [2.45, 2.75) is 38.5 Å². The summed E-state index contributed by atoms with van der Waals surface area (Å²) >= 11 is 0. The number of halogens is 1. The van der Waals surface area contributed by atoms with E-state index in [1.165, 1.54) is 37.8 Å². The Morgan fingerprint density at radius 2 is 2.00 bits per heavy atom. The average molecular weight is 331 g/mol. The maximum Gasteiger partial charge on any atom is 0.257 e. The third kappa shape index (κ3) is 4.19. The topological polar surface area (TPSA) is 59.2 Å². The lowest BCUT2D eigenvalue weighted by Gasteiger charge is -2.18. The summed E-state index contributed by atoms with van der Waals surface area (Å²) in [5.74, 6) is 1.35. The van der Waals surface area contributed by atoms with Crippen molar-refractivity contribution in [3.8, 4) is 11.5 Å². The summed E-state index contributed by atoms with van der Waals surface area (Å²) < 4.78 is 18.1. The molecule has 0 aliphatic heterocycles. The lowest BCUT2D eigenvalue weighted by Crippen LogP contribution is -2.30. The molecule has 1 aromatic carbocycles. The molecule has 0 unspecified atom stereocenters. The molecule has 1 fully saturated rings. The highest BCUT2D eigenvalue weighted by molar-refractivity contribution is 5.76. The number of hydrogen-bond donors (Lipinski definition) is 0. The van der Waals surface area contributed by atoms with Gasteiger partial charge in [0, 0.05) is 32.0 Å². The number of carbonyl (C=O) groups excluding carboxylic acids is 1. The summed E-state index contributed by atoms with van der Waals surface area (Å²) in [5.41, 5.74) is 0.681. The van der Waals surface area contributed by atoms with Crippen molar-refractivity contribution in [1.82, 2.24) is 15.0 Å². The highest BCUT2D eigenvalue weighted by Crippen LogP contribution is 2.27. The molecule has 1 heterocycles. The molecular weight excluding hydrogens is 309 g/mol. The molecule has 6 heteroatoms. The van der Waals surface area contributed by atoms with Gasteiger partial charge in [-0.1, -0.05) is 18.0 Å². The van der Waals surface area contributed by atoms with Gasteiger partial charge in [0.05, 0.1) is 0 Å². The minimum Gasteiger partial charge on any atom is -0.345 e. The molecule has 1 aromatic heterocycles. The summed E-state index contributed by atoms with van der Waals surface area (Å²) in [6.45, 7) is 0.563. The van der Waals surface area contributed by atoms with E-state index < -0.39 is 0 Å². The number of amides is 1. The fourth-order valence-electron chi connectivity index (χ4n) is 3.07. The minimum atomic E-state index is -0.305. The van der Waals surface area contributed by atoms with Crippen LogP contribution in [-0.4, -0.2) is 34.5 Å². The second kappa shape index (κ2) is 7.55. The number of hydrogen-bond acceptors (Lipinski definition) is 4. The van der Waals surface area contributed by atoms with E-state index >= 15 is 0 Å². The lowest BCUT2D eigenvalue weighted by molar-refractivity contribution is -0.130. The zero-order valence-electron chi connectivity index (χ0n) is 13.9. The number of aromatic nitrogens is 2. The predicted molar refractivity (Wildman–Crippen MR) is 87.6 cm³/mol. The van der Waals surface area contributed by atoms with Gasteiger partial charge in [-0.15, -0.1) is 0 Å². The fourth-order valence-corrected chi connectivity index (χ4v) is 3.07. The second-order valence-corrected chi connectivity index (χ2v) is 6.44. The number of likely N-dealkylation sites (N-methyl/N-ethyl adjacent to an activating group) is 1. The lowest BCUT2D eigenvalue weighted by atomic mass is 10.0. The SMILES string of the molecule is CN(CCc1noc(-c2ccc(F)cc2)n1)C(=O)CC1CCCC1. The third-order valence-corrected chi connectivity index (χ3v) is 4.59. The molecule has 0 bridgehead atoms. The quantitative estimate of drug-likeness (QED) is 0.813. The number of benzene rings is 1. The van der Waals surface area contributed by atoms with E-state index in [-0.39, 0.29) is 11.7 Å². The van der Waals surface area contributed by atoms with Gasteiger partial charge in [0.15, 0.2) is 5.82 Å². The minimum absolute atomic E-state index is 0.184. The zero-order chi connectivity index (χ0) is 16.9. The van der Waals surface area contributed by atoms with E-state index in [1.54, 1.807) is 17.0 Å². The Morgan fingerprint density at radius 3 is 2.71 bits per heavy atom. The van der Waals surface area contributed by atoms with Crippen molar-refractivity contribution in [2.75, 3.05) is 13.6 Å². The molecule has 128 valence electrons. The van der Waals surface area contributed by atoms with Crippen molar-refractivity contribution in [1.29, 1.82) is 0 Å². The van der Waals surface area contributed by atoms with Gasteiger partial charge in [0.2, 0.25) is 5.91 Å². The number of rotatable bonds is 6. The Hall–Kier alpha value is -2.24. The van der Waals surface area contributed by atoms with Crippen LogP contribution in [0, 0.1) is 11.7 Å².